The van der Waals surface area contributed by atoms with Crippen LogP contribution in [-0.2, 0) is 27.7 Å². The Morgan fingerprint density at radius 1 is 0.909 bits per heavy atom. The maximum Gasteiger partial charge on any atom is 0.242 e. The summed E-state index contributed by atoms with van der Waals surface area (Å²) >= 11 is 12.1. The molecule has 0 unspecified atom stereocenters. The van der Waals surface area contributed by atoms with Crippen LogP contribution in [0.2, 0.25) is 10.0 Å². The zero-order valence-electron chi connectivity index (χ0n) is 18.2. The highest BCUT2D eigenvalue weighted by atomic mass is 35.5. The molecule has 33 heavy (non-hydrogen) atoms. The first-order valence-corrected chi connectivity index (χ1v) is 12.8. The molecular weight excluding hydrogens is 479 g/mol. The second-order valence-corrected chi connectivity index (χ2v) is 10.4. The number of aryl methyl sites for hydroxylation is 1. The van der Waals surface area contributed by atoms with Gasteiger partial charge >= 0.3 is 0 Å². The molecule has 0 aromatic heterocycles. The normalized spacial score (nSPS) is 13.3. The van der Waals surface area contributed by atoms with Gasteiger partial charge in [-0.05, 0) is 55.5 Å². The van der Waals surface area contributed by atoms with Crippen molar-refractivity contribution in [1.29, 1.82) is 0 Å². The fraction of sp³-hybridized carbons (Fsp3) is 0.240. The largest absolute Gasteiger partial charge is 0.352 e. The number of hydrogen-bond donors (Lipinski definition) is 2. The summed E-state index contributed by atoms with van der Waals surface area (Å²) in [5.74, 6) is -0.402. The fourth-order valence-corrected chi connectivity index (χ4v) is 5.37. The van der Waals surface area contributed by atoms with Gasteiger partial charge in [0, 0.05) is 11.1 Å². The molecule has 0 aliphatic rings. The molecule has 5 nitrogen and oxygen atoms in total. The van der Waals surface area contributed by atoms with Crippen LogP contribution in [-0.4, -0.2) is 26.4 Å². The molecule has 174 valence electrons. The van der Waals surface area contributed by atoms with Crippen molar-refractivity contribution in [2.24, 2.45) is 0 Å². The zero-order valence-corrected chi connectivity index (χ0v) is 20.5. The number of benzene rings is 3. The standard InChI is InChI=1S/C25H26Cl2N2O3S/c1-18(12-13-19-8-4-2-5-9-19)28-25(30)23(16-20-10-6-3-7-11-20)29-33(31,32)24-17-21(26)14-15-22(24)27/h2-11,14-15,17-18,23,29H,12-13,16H2,1H3,(H,28,30)/t18-,23-/m0/s1. The van der Waals surface area contributed by atoms with Crippen molar-refractivity contribution in [2.45, 2.75) is 43.2 Å². The monoisotopic (exact) mass is 504 g/mol. The predicted octanol–water partition coefficient (Wildman–Crippen LogP) is 5.02. The highest BCUT2D eigenvalue weighted by Gasteiger charge is 2.28. The molecule has 3 rings (SSSR count). The molecule has 8 heteroatoms. The van der Waals surface area contributed by atoms with Gasteiger partial charge in [0.1, 0.15) is 10.9 Å². The summed E-state index contributed by atoms with van der Waals surface area (Å²) in [7, 11) is -4.10. The Labute approximate surface area is 205 Å². The Hall–Kier alpha value is -2.38. The Balaban J connectivity index is 1.75. The molecule has 2 N–H and O–H groups in total. The van der Waals surface area contributed by atoms with Gasteiger partial charge in [0.05, 0.1) is 5.02 Å². The molecule has 0 saturated carbocycles. The number of carbonyl (C=O) groups excluding carboxylic acids is 1. The van der Waals surface area contributed by atoms with Crippen LogP contribution >= 0.6 is 23.2 Å². The molecule has 3 aromatic carbocycles. The van der Waals surface area contributed by atoms with Gasteiger partial charge in [-0.1, -0.05) is 83.9 Å². The maximum absolute atomic E-state index is 13.1. The van der Waals surface area contributed by atoms with E-state index >= 15 is 0 Å². The summed E-state index contributed by atoms with van der Waals surface area (Å²) in [4.78, 5) is 13.0. The first-order chi connectivity index (χ1) is 15.7. The van der Waals surface area contributed by atoms with Crippen molar-refractivity contribution in [3.8, 4) is 0 Å². The lowest BCUT2D eigenvalue weighted by Gasteiger charge is -2.22. The van der Waals surface area contributed by atoms with Gasteiger partial charge in [0.15, 0.2) is 0 Å². The summed E-state index contributed by atoms with van der Waals surface area (Å²) in [6, 6.07) is 22.3. The minimum absolute atomic E-state index is 0.0296. The Morgan fingerprint density at radius 2 is 1.52 bits per heavy atom. The molecular formula is C25H26Cl2N2O3S. The average Bonchev–Trinajstić information content (AvgIpc) is 2.80. The third-order valence-electron chi connectivity index (χ3n) is 5.18. The molecule has 0 saturated heterocycles. The van der Waals surface area contributed by atoms with E-state index < -0.39 is 22.0 Å². The second-order valence-electron chi connectivity index (χ2n) is 7.87. The lowest BCUT2D eigenvalue weighted by atomic mass is 10.0. The summed E-state index contributed by atoms with van der Waals surface area (Å²) in [6.07, 6.45) is 1.71. The number of amides is 1. The van der Waals surface area contributed by atoms with Gasteiger partial charge in [-0.3, -0.25) is 4.79 Å². The quantitative estimate of drug-likeness (QED) is 0.406. The van der Waals surface area contributed by atoms with Crippen molar-refractivity contribution in [3.63, 3.8) is 0 Å². The molecule has 0 aliphatic carbocycles. The highest BCUT2D eigenvalue weighted by molar-refractivity contribution is 7.89. The summed E-state index contributed by atoms with van der Waals surface area (Å²) in [5, 5.41) is 3.21. The summed E-state index contributed by atoms with van der Waals surface area (Å²) in [6.45, 7) is 1.91. The smallest absolute Gasteiger partial charge is 0.242 e. The third kappa shape index (κ3) is 7.57. The van der Waals surface area contributed by atoms with Crippen molar-refractivity contribution >= 4 is 39.1 Å². The molecule has 0 aliphatic heterocycles. The van der Waals surface area contributed by atoms with Gasteiger partial charge in [0.25, 0.3) is 0 Å². The first-order valence-electron chi connectivity index (χ1n) is 10.6. The number of halogens is 2. The van der Waals surface area contributed by atoms with Crippen molar-refractivity contribution in [3.05, 3.63) is 100 Å². The molecule has 2 atom stereocenters. The first kappa shape index (κ1) is 25.2. The van der Waals surface area contributed by atoms with E-state index in [9.17, 15) is 13.2 Å². The number of nitrogens with one attached hydrogen (secondary N) is 2. The third-order valence-corrected chi connectivity index (χ3v) is 7.37. The van der Waals surface area contributed by atoms with E-state index in [0.717, 1.165) is 18.4 Å². The van der Waals surface area contributed by atoms with E-state index in [2.05, 4.69) is 10.0 Å². The van der Waals surface area contributed by atoms with Crippen molar-refractivity contribution in [1.82, 2.24) is 10.0 Å². The molecule has 3 aromatic rings. The molecule has 0 fully saturated rings. The SMILES string of the molecule is C[C@@H](CCc1ccccc1)NC(=O)[C@H](Cc1ccccc1)NS(=O)(=O)c1cc(Cl)ccc1Cl. The molecule has 0 radical (unpaired) electrons. The average molecular weight is 505 g/mol. The highest BCUT2D eigenvalue weighted by Crippen LogP contribution is 2.25. The Morgan fingerprint density at radius 3 is 2.15 bits per heavy atom. The van der Waals surface area contributed by atoms with E-state index in [4.69, 9.17) is 23.2 Å². The van der Waals surface area contributed by atoms with Crippen LogP contribution in [0, 0.1) is 0 Å². The van der Waals surface area contributed by atoms with E-state index in [-0.39, 0.29) is 27.4 Å². The van der Waals surface area contributed by atoms with E-state index in [1.165, 1.54) is 23.8 Å². The number of sulfonamides is 1. The van der Waals surface area contributed by atoms with Gasteiger partial charge < -0.3 is 5.32 Å². The van der Waals surface area contributed by atoms with E-state index in [0.29, 0.717) is 0 Å². The minimum Gasteiger partial charge on any atom is -0.352 e. The lowest BCUT2D eigenvalue weighted by Crippen LogP contribution is -2.50. The zero-order chi connectivity index (χ0) is 23.8. The van der Waals surface area contributed by atoms with Crippen LogP contribution in [0.5, 0.6) is 0 Å². The molecule has 0 spiro atoms. The van der Waals surface area contributed by atoms with Crippen LogP contribution in [0.15, 0.2) is 83.8 Å². The van der Waals surface area contributed by atoms with Crippen LogP contribution in [0.1, 0.15) is 24.5 Å². The van der Waals surface area contributed by atoms with Gasteiger partial charge in [-0.25, -0.2) is 8.42 Å². The van der Waals surface area contributed by atoms with Gasteiger partial charge in [-0.15, -0.1) is 0 Å². The van der Waals surface area contributed by atoms with E-state index in [1.807, 2.05) is 67.6 Å². The fourth-order valence-electron chi connectivity index (χ4n) is 3.42. The number of carbonyl (C=O) groups is 1. The maximum atomic E-state index is 13.1. The van der Waals surface area contributed by atoms with Gasteiger partial charge in [0.2, 0.25) is 15.9 Å². The Kier molecular flexibility index (Phi) is 8.92. The number of rotatable bonds is 10. The molecule has 1 amide bonds. The van der Waals surface area contributed by atoms with Crippen LogP contribution < -0.4 is 10.0 Å². The van der Waals surface area contributed by atoms with Crippen molar-refractivity contribution < 1.29 is 13.2 Å². The van der Waals surface area contributed by atoms with Gasteiger partial charge in [-0.2, -0.15) is 4.72 Å². The van der Waals surface area contributed by atoms with Crippen LogP contribution in [0.3, 0.4) is 0 Å². The Bertz CT molecular complexity index is 1170. The summed E-state index contributed by atoms with van der Waals surface area (Å²) in [5.41, 5.74) is 2.00. The van der Waals surface area contributed by atoms with E-state index in [1.54, 1.807) is 0 Å². The predicted molar refractivity (Wildman–Crippen MR) is 133 cm³/mol. The minimum atomic E-state index is -4.10. The number of hydrogen-bond acceptors (Lipinski definition) is 3. The van der Waals surface area contributed by atoms with Crippen LogP contribution in [0.4, 0.5) is 0 Å². The lowest BCUT2D eigenvalue weighted by molar-refractivity contribution is -0.123. The molecule has 0 heterocycles. The summed E-state index contributed by atoms with van der Waals surface area (Å²) < 4.78 is 28.7. The second kappa shape index (κ2) is 11.7. The van der Waals surface area contributed by atoms with Crippen molar-refractivity contribution in [2.75, 3.05) is 0 Å². The molecule has 0 bridgehead atoms. The van der Waals surface area contributed by atoms with Crippen LogP contribution in [0.25, 0.3) is 0 Å². The topological polar surface area (TPSA) is 75.3 Å².